The number of ether oxygens (including phenoxy) is 1. The van der Waals surface area contributed by atoms with Crippen LogP contribution in [-0.2, 0) is 17.8 Å². The first-order valence-electron chi connectivity index (χ1n) is 9.80. The zero-order valence-electron chi connectivity index (χ0n) is 16.8. The van der Waals surface area contributed by atoms with Crippen LogP contribution in [0.4, 0.5) is 5.69 Å². The van der Waals surface area contributed by atoms with Gasteiger partial charge in [-0.2, -0.15) is 0 Å². The van der Waals surface area contributed by atoms with Gasteiger partial charge in [0.05, 0.1) is 34.8 Å². The molecule has 0 bridgehead atoms. The molecule has 0 radical (unpaired) electrons. The van der Waals surface area contributed by atoms with Gasteiger partial charge in [0.15, 0.2) is 5.78 Å². The number of hydrogen-bond acceptors (Lipinski definition) is 6. The fourth-order valence-electron chi connectivity index (χ4n) is 3.97. The summed E-state index contributed by atoms with van der Waals surface area (Å²) in [7, 11) is 0. The molecular formula is C21H22N4O5. The monoisotopic (exact) mass is 410 g/mol. The number of nitrogens with zero attached hydrogens (tertiary/aromatic N) is 4. The van der Waals surface area contributed by atoms with E-state index in [1.54, 1.807) is 0 Å². The Hall–Kier alpha value is -3.33. The molecule has 4 rings (SSSR count). The van der Waals surface area contributed by atoms with Gasteiger partial charge in [0, 0.05) is 42.2 Å². The van der Waals surface area contributed by atoms with E-state index >= 15 is 0 Å². The number of carbonyl (C=O) groups excluding carboxylic acids is 1. The van der Waals surface area contributed by atoms with E-state index in [0.717, 1.165) is 30.8 Å². The third-order valence-electron chi connectivity index (χ3n) is 5.62. The van der Waals surface area contributed by atoms with Gasteiger partial charge in [-0.25, -0.2) is 4.98 Å². The van der Waals surface area contributed by atoms with Crippen molar-refractivity contribution in [3.8, 4) is 0 Å². The van der Waals surface area contributed by atoms with Crippen molar-refractivity contribution in [2.75, 3.05) is 6.61 Å². The molecule has 3 heterocycles. The largest absolute Gasteiger partial charge is 0.376 e. The summed E-state index contributed by atoms with van der Waals surface area (Å²) in [6.07, 6.45) is 3.51. The highest BCUT2D eigenvalue weighted by atomic mass is 16.6. The van der Waals surface area contributed by atoms with Gasteiger partial charge in [0.1, 0.15) is 0 Å². The van der Waals surface area contributed by atoms with Gasteiger partial charge < -0.3 is 9.30 Å². The number of rotatable bonds is 6. The Kier molecular flexibility index (Phi) is 5.21. The molecule has 0 unspecified atom stereocenters. The summed E-state index contributed by atoms with van der Waals surface area (Å²) < 4.78 is 8.98. The van der Waals surface area contributed by atoms with Crippen molar-refractivity contribution < 1.29 is 14.5 Å². The predicted octanol–water partition coefficient (Wildman–Crippen LogP) is 2.78. The first-order valence-corrected chi connectivity index (χ1v) is 9.80. The lowest BCUT2D eigenvalue weighted by Gasteiger charge is -2.15. The number of nitro benzene ring substituents is 1. The summed E-state index contributed by atoms with van der Waals surface area (Å²) in [4.78, 5) is 40.4. The fourth-order valence-corrected chi connectivity index (χ4v) is 3.97. The van der Waals surface area contributed by atoms with Crippen LogP contribution in [0.15, 0.2) is 35.4 Å². The standard InChI is InChI=1S/C21H22N4O5/c1-13-8-17(14(2)24(13)10-16-4-3-7-30-16)20(26)11-23-12-22-19-6-5-15(25(28)29)9-18(19)21(23)27/h5-6,8-9,12,16H,3-4,7,10-11H2,1-2H3/t16-/m0/s1. The van der Waals surface area contributed by atoms with Gasteiger partial charge >= 0.3 is 0 Å². The Morgan fingerprint density at radius 2 is 2.13 bits per heavy atom. The molecule has 1 atom stereocenters. The number of benzene rings is 1. The van der Waals surface area contributed by atoms with Gasteiger partial charge in [-0.3, -0.25) is 24.3 Å². The van der Waals surface area contributed by atoms with E-state index in [-0.39, 0.29) is 29.5 Å². The van der Waals surface area contributed by atoms with Crippen LogP contribution in [0.5, 0.6) is 0 Å². The fraction of sp³-hybridized carbons (Fsp3) is 0.381. The molecule has 1 fully saturated rings. The second-order valence-electron chi connectivity index (χ2n) is 7.59. The molecule has 0 spiro atoms. The molecule has 0 N–H and O–H groups in total. The van der Waals surface area contributed by atoms with Crippen molar-refractivity contribution in [1.82, 2.24) is 14.1 Å². The number of Topliss-reactive ketones (excluding diaryl/α,β-unsaturated/α-hetero) is 1. The maximum Gasteiger partial charge on any atom is 0.270 e. The van der Waals surface area contributed by atoms with E-state index < -0.39 is 10.5 Å². The topological polar surface area (TPSA) is 109 Å². The average molecular weight is 410 g/mol. The Balaban J connectivity index is 1.62. The Morgan fingerprint density at radius 1 is 1.33 bits per heavy atom. The smallest absolute Gasteiger partial charge is 0.270 e. The predicted molar refractivity (Wildman–Crippen MR) is 110 cm³/mol. The number of fused-ring (bicyclic) bond motifs is 1. The zero-order valence-corrected chi connectivity index (χ0v) is 16.8. The molecule has 9 heteroatoms. The zero-order chi connectivity index (χ0) is 21.4. The van der Waals surface area contributed by atoms with E-state index in [0.29, 0.717) is 17.6 Å². The number of aromatic nitrogens is 3. The molecule has 156 valence electrons. The Morgan fingerprint density at radius 3 is 2.83 bits per heavy atom. The molecule has 2 aromatic heterocycles. The Labute approximate surface area is 172 Å². The van der Waals surface area contributed by atoms with Crippen LogP contribution in [0.1, 0.15) is 34.6 Å². The summed E-state index contributed by atoms with van der Waals surface area (Å²) in [5.41, 5.74) is 2.03. The lowest BCUT2D eigenvalue weighted by molar-refractivity contribution is -0.384. The van der Waals surface area contributed by atoms with Crippen LogP contribution >= 0.6 is 0 Å². The molecule has 9 nitrogen and oxygen atoms in total. The van der Waals surface area contributed by atoms with E-state index in [2.05, 4.69) is 9.55 Å². The second-order valence-corrected chi connectivity index (χ2v) is 7.59. The van der Waals surface area contributed by atoms with Crippen LogP contribution in [0.3, 0.4) is 0 Å². The van der Waals surface area contributed by atoms with Crippen LogP contribution in [0.25, 0.3) is 10.9 Å². The third-order valence-corrected chi connectivity index (χ3v) is 5.62. The number of ketones is 1. The maximum atomic E-state index is 13.0. The van der Waals surface area contributed by atoms with E-state index in [1.165, 1.54) is 29.1 Å². The quantitative estimate of drug-likeness (QED) is 0.351. The highest BCUT2D eigenvalue weighted by molar-refractivity contribution is 5.97. The lowest BCUT2D eigenvalue weighted by Crippen LogP contribution is -2.25. The molecule has 30 heavy (non-hydrogen) atoms. The summed E-state index contributed by atoms with van der Waals surface area (Å²) in [6, 6.07) is 5.75. The highest BCUT2D eigenvalue weighted by Gasteiger charge is 2.22. The summed E-state index contributed by atoms with van der Waals surface area (Å²) in [5, 5.41) is 11.1. The SMILES string of the molecule is Cc1cc(C(=O)Cn2cnc3ccc([N+](=O)[O-])cc3c2=O)c(C)n1C[C@@H]1CCCO1. The molecule has 1 aromatic carbocycles. The van der Waals surface area contributed by atoms with Crippen molar-refractivity contribution in [3.63, 3.8) is 0 Å². The van der Waals surface area contributed by atoms with Crippen molar-refractivity contribution in [3.05, 3.63) is 68.0 Å². The van der Waals surface area contributed by atoms with Crippen molar-refractivity contribution >= 4 is 22.4 Å². The van der Waals surface area contributed by atoms with Gasteiger partial charge in [0.25, 0.3) is 11.2 Å². The van der Waals surface area contributed by atoms with Crippen molar-refractivity contribution in [1.29, 1.82) is 0 Å². The Bertz CT molecular complexity index is 1200. The molecule has 0 amide bonds. The summed E-state index contributed by atoms with van der Waals surface area (Å²) in [5.74, 6) is -0.213. The molecule has 1 saturated heterocycles. The molecular weight excluding hydrogens is 388 g/mol. The van der Waals surface area contributed by atoms with Crippen LogP contribution < -0.4 is 5.56 Å². The van der Waals surface area contributed by atoms with Crippen LogP contribution in [0.2, 0.25) is 0 Å². The molecule has 1 aliphatic heterocycles. The van der Waals surface area contributed by atoms with E-state index in [9.17, 15) is 19.7 Å². The van der Waals surface area contributed by atoms with E-state index in [4.69, 9.17) is 4.74 Å². The summed E-state index contributed by atoms with van der Waals surface area (Å²) in [6.45, 7) is 5.12. The lowest BCUT2D eigenvalue weighted by atomic mass is 10.1. The van der Waals surface area contributed by atoms with Gasteiger partial charge in [0.2, 0.25) is 0 Å². The van der Waals surface area contributed by atoms with E-state index in [1.807, 2.05) is 19.9 Å². The minimum absolute atomic E-state index is 0.114. The van der Waals surface area contributed by atoms with Crippen LogP contribution in [0, 0.1) is 24.0 Å². The van der Waals surface area contributed by atoms with Gasteiger partial charge in [-0.15, -0.1) is 0 Å². The number of non-ortho nitro benzene ring substituents is 1. The second kappa shape index (κ2) is 7.83. The molecule has 3 aromatic rings. The first kappa shape index (κ1) is 20.0. The number of hydrogen-bond donors (Lipinski definition) is 0. The number of carbonyl (C=O) groups is 1. The van der Waals surface area contributed by atoms with Crippen molar-refractivity contribution in [2.45, 2.75) is 45.9 Å². The molecule has 0 saturated carbocycles. The average Bonchev–Trinajstić information content (AvgIpc) is 3.33. The molecule has 0 aliphatic carbocycles. The minimum Gasteiger partial charge on any atom is -0.376 e. The highest BCUT2D eigenvalue weighted by Crippen LogP contribution is 2.21. The normalized spacial score (nSPS) is 16.3. The number of aryl methyl sites for hydroxylation is 1. The first-order chi connectivity index (χ1) is 14.3. The van der Waals surface area contributed by atoms with Crippen LogP contribution in [-0.4, -0.2) is 37.5 Å². The van der Waals surface area contributed by atoms with Gasteiger partial charge in [-0.1, -0.05) is 0 Å². The molecule has 1 aliphatic rings. The number of nitro groups is 1. The van der Waals surface area contributed by atoms with Gasteiger partial charge in [-0.05, 0) is 38.8 Å². The van der Waals surface area contributed by atoms with Crippen molar-refractivity contribution in [2.24, 2.45) is 0 Å². The maximum absolute atomic E-state index is 13.0. The minimum atomic E-state index is -0.565. The summed E-state index contributed by atoms with van der Waals surface area (Å²) >= 11 is 0. The third kappa shape index (κ3) is 3.63.